The van der Waals surface area contributed by atoms with Crippen LogP contribution in [0.15, 0.2) is 152 Å². The van der Waals surface area contributed by atoms with Crippen LogP contribution >= 0.6 is 0 Å². The molecule has 5 aromatic heterocycles. The zero-order valence-corrected chi connectivity index (χ0v) is 25.7. The van der Waals surface area contributed by atoms with Crippen LogP contribution < -0.4 is 0 Å². The fraction of sp³-hybridized carbons (Fsp3) is 0. The number of nitrogens with zero attached hydrogens (tertiary/aromatic N) is 5. The average molecular weight is 612 g/mol. The molecule has 5 heteroatoms. The van der Waals surface area contributed by atoms with E-state index in [9.17, 15) is 0 Å². The van der Waals surface area contributed by atoms with E-state index >= 15 is 0 Å². The minimum absolute atomic E-state index is 0.884. The maximum Gasteiger partial charge on any atom is 0.0972 e. The third-order valence-electron chi connectivity index (χ3n) is 9.23. The lowest BCUT2D eigenvalue weighted by molar-refractivity contribution is 1.36. The van der Waals surface area contributed by atoms with Crippen LogP contribution in [0.3, 0.4) is 0 Å². The van der Waals surface area contributed by atoms with Crippen LogP contribution in [0.2, 0.25) is 0 Å². The fourth-order valence-corrected chi connectivity index (χ4v) is 6.86. The second-order valence-electron chi connectivity index (χ2n) is 12.1. The van der Waals surface area contributed by atoms with Crippen molar-refractivity contribution in [3.8, 4) is 33.8 Å². The first-order valence-corrected chi connectivity index (χ1v) is 16.0. The van der Waals surface area contributed by atoms with E-state index in [2.05, 4.69) is 109 Å². The lowest BCUT2D eigenvalue weighted by Crippen LogP contribution is -1.94. The summed E-state index contributed by atoms with van der Waals surface area (Å²) in [4.78, 5) is 25.5. The molecule has 0 saturated heterocycles. The molecule has 0 saturated carbocycles. The van der Waals surface area contributed by atoms with Crippen molar-refractivity contribution < 1.29 is 0 Å². The van der Waals surface area contributed by atoms with Gasteiger partial charge in [-0.15, -0.1) is 0 Å². The molecule has 0 atom stereocenters. The van der Waals surface area contributed by atoms with Gasteiger partial charge in [-0.05, 0) is 36.4 Å². The standard InChI is InChI=1S/C43H25N5/c1-2-8-26(9-3-1)35-21-19-28-15-16-29-20-22-36(46-41(29)40(28)45-35)30-10-6-11-31(24-30)38-34-25-32-18-17-27-12-7-23-44-39(27)42(32)48-43(34)33-13-4-5-14-37(33)47-38/h1-25H. The van der Waals surface area contributed by atoms with Gasteiger partial charge in [0.25, 0.3) is 0 Å². The quantitative estimate of drug-likeness (QED) is 0.147. The van der Waals surface area contributed by atoms with Gasteiger partial charge in [-0.2, -0.15) is 0 Å². The molecule has 0 unspecified atom stereocenters. The summed E-state index contributed by atoms with van der Waals surface area (Å²) >= 11 is 0. The molecule has 5 aromatic carbocycles. The van der Waals surface area contributed by atoms with Crippen LogP contribution in [0.4, 0.5) is 0 Å². The van der Waals surface area contributed by atoms with Crippen LogP contribution in [0, 0.1) is 0 Å². The van der Waals surface area contributed by atoms with Crippen molar-refractivity contribution in [1.29, 1.82) is 0 Å². The minimum Gasteiger partial charge on any atom is -0.254 e. The van der Waals surface area contributed by atoms with Gasteiger partial charge in [0.15, 0.2) is 0 Å². The summed E-state index contributed by atoms with van der Waals surface area (Å²) in [7, 11) is 0. The Morgan fingerprint density at radius 1 is 0.333 bits per heavy atom. The summed E-state index contributed by atoms with van der Waals surface area (Å²) in [5, 5.41) is 6.26. The predicted octanol–water partition coefficient (Wildman–Crippen LogP) is 10.6. The van der Waals surface area contributed by atoms with E-state index in [-0.39, 0.29) is 0 Å². The molecule has 5 nitrogen and oxygen atoms in total. The molecule has 0 spiro atoms. The van der Waals surface area contributed by atoms with E-state index in [1.807, 2.05) is 42.6 Å². The lowest BCUT2D eigenvalue weighted by atomic mass is 9.98. The smallest absolute Gasteiger partial charge is 0.0972 e. The second-order valence-corrected chi connectivity index (χ2v) is 12.1. The number of rotatable bonds is 3. The van der Waals surface area contributed by atoms with Crippen LogP contribution in [0.1, 0.15) is 0 Å². The van der Waals surface area contributed by atoms with Crippen LogP contribution in [0.25, 0.3) is 99.2 Å². The van der Waals surface area contributed by atoms with Crippen LogP contribution in [0.5, 0.6) is 0 Å². The molecule has 0 aliphatic rings. The zero-order valence-electron chi connectivity index (χ0n) is 25.7. The fourth-order valence-electron chi connectivity index (χ4n) is 6.86. The van der Waals surface area contributed by atoms with Crippen molar-refractivity contribution in [2.75, 3.05) is 0 Å². The Morgan fingerprint density at radius 2 is 0.958 bits per heavy atom. The Hall–Kier alpha value is -6.59. The highest BCUT2D eigenvalue weighted by Gasteiger charge is 2.16. The second kappa shape index (κ2) is 10.5. The van der Waals surface area contributed by atoms with Crippen molar-refractivity contribution >= 4 is 65.4 Å². The van der Waals surface area contributed by atoms with E-state index in [0.717, 1.165) is 99.2 Å². The zero-order chi connectivity index (χ0) is 31.6. The van der Waals surface area contributed by atoms with E-state index in [1.54, 1.807) is 0 Å². The molecule has 0 aliphatic carbocycles. The Kier molecular flexibility index (Phi) is 5.81. The molecule has 0 fully saturated rings. The normalized spacial score (nSPS) is 11.8. The van der Waals surface area contributed by atoms with Gasteiger partial charge >= 0.3 is 0 Å². The van der Waals surface area contributed by atoms with E-state index < -0.39 is 0 Å². The number of para-hydroxylation sites is 1. The predicted molar refractivity (Wildman–Crippen MR) is 197 cm³/mol. The molecular formula is C43H25N5. The molecular weight excluding hydrogens is 587 g/mol. The SMILES string of the molecule is c1ccc(-c2ccc3ccc4ccc(-c5cccc(-c6nc7ccccc7c7nc8c(ccc9cccnc98)cc67)c5)nc4c3n2)cc1. The molecule has 0 amide bonds. The molecule has 48 heavy (non-hydrogen) atoms. The van der Waals surface area contributed by atoms with Gasteiger partial charge in [-0.25, -0.2) is 19.9 Å². The highest BCUT2D eigenvalue weighted by atomic mass is 14.8. The number of benzene rings is 5. The number of pyridine rings is 5. The molecule has 0 radical (unpaired) electrons. The number of fused-ring (bicyclic) bond motifs is 9. The van der Waals surface area contributed by atoms with Crippen molar-refractivity contribution in [2.24, 2.45) is 0 Å². The maximum absolute atomic E-state index is 5.27. The summed E-state index contributed by atoms with van der Waals surface area (Å²) in [6.45, 7) is 0. The van der Waals surface area contributed by atoms with E-state index in [4.69, 9.17) is 24.9 Å². The number of hydrogen-bond acceptors (Lipinski definition) is 5. The summed E-state index contributed by atoms with van der Waals surface area (Å²) in [5.41, 5.74) is 11.2. The summed E-state index contributed by atoms with van der Waals surface area (Å²) in [5.74, 6) is 0. The largest absolute Gasteiger partial charge is 0.254 e. The average Bonchev–Trinajstić information content (AvgIpc) is 3.16. The van der Waals surface area contributed by atoms with Gasteiger partial charge < -0.3 is 0 Å². The molecule has 0 bridgehead atoms. The Morgan fingerprint density at radius 3 is 1.77 bits per heavy atom. The van der Waals surface area contributed by atoms with Gasteiger partial charge in [-0.3, -0.25) is 4.98 Å². The number of hydrogen-bond donors (Lipinski definition) is 0. The highest BCUT2D eigenvalue weighted by Crippen LogP contribution is 2.36. The van der Waals surface area contributed by atoms with Crippen molar-refractivity contribution in [2.45, 2.75) is 0 Å². The molecule has 0 aliphatic heterocycles. The minimum atomic E-state index is 0.884. The van der Waals surface area contributed by atoms with Crippen LogP contribution in [-0.4, -0.2) is 24.9 Å². The molecule has 10 rings (SSSR count). The maximum atomic E-state index is 5.27. The van der Waals surface area contributed by atoms with Gasteiger partial charge in [0.1, 0.15) is 0 Å². The summed E-state index contributed by atoms with van der Waals surface area (Å²) in [6.07, 6.45) is 1.83. The van der Waals surface area contributed by atoms with E-state index in [1.165, 1.54) is 0 Å². The Balaban J connectivity index is 1.17. The molecule has 5 heterocycles. The summed E-state index contributed by atoms with van der Waals surface area (Å²) in [6, 6.07) is 50.2. The number of aromatic nitrogens is 5. The van der Waals surface area contributed by atoms with Crippen molar-refractivity contribution in [3.63, 3.8) is 0 Å². The third-order valence-corrected chi connectivity index (χ3v) is 9.23. The first-order valence-electron chi connectivity index (χ1n) is 16.0. The first-order chi connectivity index (χ1) is 23.8. The lowest BCUT2D eigenvalue weighted by Gasteiger charge is -2.13. The van der Waals surface area contributed by atoms with Gasteiger partial charge in [0.05, 0.1) is 50.2 Å². The van der Waals surface area contributed by atoms with Crippen LogP contribution in [-0.2, 0) is 0 Å². The third kappa shape index (κ3) is 4.22. The van der Waals surface area contributed by atoms with E-state index in [0.29, 0.717) is 0 Å². The first kappa shape index (κ1) is 26.6. The highest BCUT2D eigenvalue weighted by molar-refractivity contribution is 6.15. The monoisotopic (exact) mass is 611 g/mol. The van der Waals surface area contributed by atoms with Gasteiger partial charge in [0, 0.05) is 55.2 Å². The Labute approximate surface area is 275 Å². The topological polar surface area (TPSA) is 64.5 Å². The summed E-state index contributed by atoms with van der Waals surface area (Å²) < 4.78 is 0. The Bertz CT molecular complexity index is 2900. The van der Waals surface area contributed by atoms with Crippen molar-refractivity contribution in [1.82, 2.24) is 24.9 Å². The van der Waals surface area contributed by atoms with Gasteiger partial charge in [0.2, 0.25) is 0 Å². The van der Waals surface area contributed by atoms with Gasteiger partial charge in [-0.1, -0.05) is 109 Å². The molecule has 10 aromatic rings. The molecule has 222 valence electrons. The van der Waals surface area contributed by atoms with Crippen molar-refractivity contribution in [3.05, 3.63) is 152 Å². The molecule has 0 N–H and O–H groups in total.